The molecule has 3 aromatic rings. The van der Waals surface area contributed by atoms with E-state index >= 15 is 0 Å². The van der Waals surface area contributed by atoms with E-state index in [1.807, 2.05) is 0 Å². The Morgan fingerprint density at radius 1 is 1.11 bits per heavy atom. The molecule has 0 fully saturated rings. The molecule has 0 aliphatic carbocycles. The van der Waals surface area contributed by atoms with E-state index in [2.05, 4.69) is 28.8 Å². The molecule has 0 spiro atoms. The molecular formula is C26H27ClF3N5O2S. The van der Waals surface area contributed by atoms with Crippen LogP contribution in [-0.4, -0.2) is 68.1 Å². The van der Waals surface area contributed by atoms with Gasteiger partial charge in [-0.3, -0.25) is 9.48 Å². The zero-order chi connectivity index (χ0) is 27.6. The number of amides is 1. The second-order valence-electron chi connectivity index (χ2n) is 8.84. The first-order valence-electron chi connectivity index (χ1n) is 12.0. The number of aromatic nitrogens is 2. The molecule has 2 aromatic carbocycles. The van der Waals surface area contributed by atoms with E-state index in [9.17, 15) is 22.2 Å². The molecular weight excluding hydrogens is 539 g/mol. The molecule has 12 heteroatoms. The van der Waals surface area contributed by atoms with E-state index in [0.717, 1.165) is 25.7 Å². The average molecular weight is 566 g/mol. The van der Waals surface area contributed by atoms with Gasteiger partial charge in [-0.25, -0.2) is 4.21 Å². The van der Waals surface area contributed by atoms with Crippen LogP contribution < -0.4 is 0 Å². The van der Waals surface area contributed by atoms with Gasteiger partial charge in [0, 0.05) is 30.5 Å². The molecule has 0 bridgehead atoms. The minimum atomic E-state index is -4.55. The van der Waals surface area contributed by atoms with Crippen LogP contribution in [0.3, 0.4) is 0 Å². The van der Waals surface area contributed by atoms with Crippen LogP contribution in [0.1, 0.15) is 30.5 Å². The monoisotopic (exact) mass is 565 g/mol. The Balaban J connectivity index is 1.54. The fourth-order valence-corrected chi connectivity index (χ4v) is 5.57. The Labute approximate surface area is 226 Å². The van der Waals surface area contributed by atoms with Gasteiger partial charge in [-0.15, -0.1) is 0 Å². The van der Waals surface area contributed by atoms with Crippen molar-refractivity contribution in [1.29, 1.82) is 0 Å². The molecule has 38 heavy (non-hydrogen) atoms. The maximum absolute atomic E-state index is 13.5. The number of nitrogens with zero attached hydrogens (tertiary/aromatic N) is 5. The van der Waals surface area contributed by atoms with Gasteiger partial charge in [-0.05, 0) is 54.6 Å². The van der Waals surface area contributed by atoms with Gasteiger partial charge in [0.25, 0.3) is 5.91 Å². The number of likely N-dealkylation sites (N-methyl/N-ethyl adjacent to an activating group) is 2. The van der Waals surface area contributed by atoms with Crippen LogP contribution in [0, 0.1) is 0 Å². The van der Waals surface area contributed by atoms with Gasteiger partial charge in [0.2, 0.25) is 5.17 Å². The van der Waals surface area contributed by atoms with Gasteiger partial charge in [0.05, 0.1) is 23.8 Å². The van der Waals surface area contributed by atoms with Gasteiger partial charge in [-0.1, -0.05) is 37.6 Å². The fraction of sp³-hybridized carbons (Fsp3) is 0.346. The summed E-state index contributed by atoms with van der Waals surface area (Å²) in [4.78, 5) is 20.6. The van der Waals surface area contributed by atoms with E-state index in [1.165, 1.54) is 29.1 Å². The van der Waals surface area contributed by atoms with Crippen molar-refractivity contribution in [2.45, 2.75) is 26.6 Å². The summed E-state index contributed by atoms with van der Waals surface area (Å²) in [6, 6.07) is 8.81. The number of hydrogen-bond donors (Lipinski definition) is 0. The van der Waals surface area contributed by atoms with Crippen LogP contribution >= 0.6 is 11.6 Å². The van der Waals surface area contributed by atoms with Crippen molar-refractivity contribution in [2.75, 3.05) is 33.2 Å². The Morgan fingerprint density at radius 3 is 2.53 bits per heavy atom. The molecule has 1 atom stereocenters. The van der Waals surface area contributed by atoms with Gasteiger partial charge < -0.3 is 9.80 Å². The maximum Gasteiger partial charge on any atom is 0.416 e. The van der Waals surface area contributed by atoms with Crippen molar-refractivity contribution in [3.05, 3.63) is 69.2 Å². The summed E-state index contributed by atoms with van der Waals surface area (Å²) >= 11 is 5.79. The molecule has 7 nitrogen and oxygen atoms in total. The molecule has 202 valence electrons. The number of amidine groups is 1. The molecule has 1 aromatic heterocycles. The Bertz CT molecular complexity index is 1450. The smallest absolute Gasteiger partial charge is 0.351 e. The maximum atomic E-state index is 13.5. The molecule has 1 aliphatic rings. The highest BCUT2D eigenvalue weighted by Gasteiger charge is 2.34. The van der Waals surface area contributed by atoms with Crippen LogP contribution in [0.4, 0.5) is 13.2 Å². The lowest BCUT2D eigenvalue weighted by Gasteiger charge is -2.23. The van der Waals surface area contributed by atoms with Gasteiger partial charge in [0.15, 0.2) is 0 Å². The number of fused-ring (bicyclic) bond motifs is 1. The zero-order valence-electron chi connectivity index (χ0n) is 21.1. The van der Waals surface area contributed by atoms with Gasteiger partial charge >= 0.3 is 6.18 Å². The minimum Gasteiger partial charge on any atom is -0.351 e. The molecule has 0 radical (unpaired) electrons. The molecule has 1 amide bonds. The minimum absolute atomic E-state index is 0.00477. The van der Waals surface area contributed by atoms with Crippen molar-refractivity contribution < 1.29 is 22.2 Å². The average Bonchev–Trinajstić information content (AvgIpc) is 3.40. The standard InChI is InChI=1S/C26H27ClF3N5O2S/c1-4-34(5-2)11-10-33(3)25-32-24(36)23(38(25)37)13-17-6-9-22-19(12-17)15-31-35(22)16-18-7-8-20(27)14-21(18)26(28,29)30/h6-9,12-15H,4-5,10-11,16H2,1-3H3. The third kappa shape index (κ3) is 6.00. The summed E-state index contributed by atoms with van der Waals surface area (Å²) in [5.74, 6) is -0.550. The lowest BCUT2D eigenvalue weighted by molar-refractivity contribution is -0.138. The van der Waals surface area contributed by atoms with Crippen LogP contribution in [0.15, 0.2) is 52.5 Å². The molecule has 1 aliphatic heterocycles. The molecule has 0 saturated carbocycles. The number of halogens is 4. The summed E-state index contributed by atoms with van der Waals surface area (Å²) < 4.78 is 55.1. The van der Waals surface area contributed by atoms with Crippen LogP contribution in [-0.2, 0) is 28.3 Å². The third-order valence-electron chi connectivity index (χ3n) is 6.41. The zero-order valence-corrected chi connectivity index (χ0v) is 22.7. The quantitative estimate of drug-likeness (QED) is 0.359. The number of hydrogen-bond acceptors (Lipinski definition) is 5. The van der Waals surface area contributed by atoms with Crippen molar-refractivity contribution in [3.63, 3.8) is 0 Å². The normalized spacial score (nSPS) is 17.2. The first kappa shape index (κ1) is 28.0. The largest absolute Gasteiger partial charge is 0.416 e. The molecule has 0 N–H and O–H groups in total. The molecule has 4 rings (SSSR count). The van der Waals surface area contributed by atoms with Crippen molar-refractivity contribution in [2.24, 2.45) is 4.99 Å². The SMILES string of the molecule is CCN(CC)CCN(C)C1=NC(=O)C(=Cc2ccc3c(cnn3Cc3ccc(Cl)cc3C(F)(F)F)c2)S1=O. The summed E-state index contributed by atoms with van der Waals surface area (Å²) in [7, 11) is 0.0505. The molecule has 1 unspecified atom stereocenters. The second kappa shape index (κ2) is 11.4. The summed E-state index contributed by atoms with van der Waals surface area (Å²) in [6.45, 7) is 7.16. The summed E-state index contributed by atoms with van der Waals surface area (Å²) in [5, 5.41) is 5.15. The number of carbonyl (C=O) groups excluding carboxylic acids is 1. The lowest BCUT2D eigenvalue weighted by Crippen LogP contribution is -2.37. The highest BCUT2D eigenvalue weighted by molar-refractivity contribution is 8.05. The summed E-state index contributed by atoms with van der Waals surface area (Å²) in [5.41, 5.74) is 0.454. The predicted molar refractivity (Wildman–Crippen MR) is 144 cm³/mol. The molecule has 2 heterocycles. The number of rotatable bonds is 8. The van der Waals surface area contributed by atoms with E-state index in [0.29, 0.717) is 23.0 Å². The van der Waals surface area contributed by atoms with E-state index in [1.54, 1.807) is 30.1 Å². The predicted octanol–water partition coefficient (Wildman–Crippen LogP) is 5.02. The van der Waals surface area contributed by atoms with Crippen LogP contribution in [0.5, 0.6) is 0 Å². The number of aliphatic imine (C=N–C) groups is 1. The first-order chi connectivity index (χ1) is 18.0. The first-order valence-corrected chi connectivity index (χ1v) is 13.6. The van der Waals surface area contributed by atoms with E-state index in [4.69, 9.17) is 11.6 Å². The van der Waals surface area contributed by atoms with E-state index in [-0.39, 0.29) is 27.2 Å². The van der Waals surface area contributed by atoms with Crippen molar-refractivity contribution in [3.8, 4) is 0 Å². The highest BCUT2D eigenvalue weighted by Crippen LogP contribution is 2.34. The third-order valence-corrected chi connectivity index (χ3v) is 8.07. The number of carbonyl (C=O) groups is 1. The fourth-order valence-electron chi connectivity index (χ4n) is 4.21. The topological polar surface area (TPSA) is 70.8 Å². The van der Waals surface area contributed by atoms with Crippen LogP contribution in [0.2, 0.25) is 5.02 Å². The second-order valence-corrected chi connectivity index (χ2v) is 10.6. The Morgan fingerprint density at radius 2 is 1.84 bits per heavy atom. The number of alkyl halides is 3. The lowest BCUT2D eigenvalue weighted by atomic mass is 10.1. The summed E-state index contributed by atoms with van der Waals surface area (Å²) in [6.07, 6.45) is -1.48. The van der Waals surface area contributed by atoms with Crippen molar-refractivity contribution in [1.82, 2.24) is 19.6 Å². The van der Waals surface area contributed by atoms with Crippen LogP contribution in [0.25, 0.3) is 17.0 Å². The Kier molecular flexibility index (Phi) is 8.39. The highest BCUT2D eigenvalue weighted by atomic mass is 35.5. The molecule has 0 saturated heterocycles. The van der Waals surface area contributed by atoms with Gasteiger partial charge in [-0.2, -0.15) is 23.3 Å². The number of benzene rings is 2. The Hall–Kier alpha value is -3.02. The van der Waals surface area contributed by atoms with E-state index < -0.39 is 28.4 Å². The van der Waals surface area contributed by atoms with Crippen molar-refractivity contribution >= 4 is 50.5 Å². The van der Waals surface area contributed by atoms with Gasteiger partial charge in [0.1, 0.15) is 15.7 Å².